The number of hydrogen-bond donors (Lipinski definition) is 2. The topological polar surface area (TPSA) is 80.0 Å². The van der Waals surface area contributed by atoms with Crippen LogP contribution in [0.5, 0.6) is 0 Å². The largest absolute Gasteiger partial charge is 0.434 e. The molecule has 0 bridgehead atoms. The summed E-state index contributed by atoms with van der Waals surface area (Å²) in [4.78, 5) is 20.8. The van der Waals surface area contributed by atoms with Crippen LogP contribution in [0.15, 0.2) is 71.3 Å². The third-order valence-electron chi connectivity index (χ3n) is 3.87. The Morgan fingerprint density at radius 3 is 2.64 bits per heavy atom. The van der Waals surface area contributed by atoms with Crippen molar-refractivity contribution in [1.29, 1.82) is 0 Å². The van der Waals surface area contributed by atoms with Crippen LogP contribution in [0.3, 0.4) is 0 Å². The Balaban J connectivity index is 1.42. The summed E-state index contributed by atoms with van der Waals surface area (Å²) in [5, 5.41) is 5.90. The molecular weight excluding hydrogens is 487 g/mol. The minimum absolute atomic E-state index is 0.225. The van der Waals surface area contributed by atoms with Crippen molar-refractivity contribution in [3.8, 4) is 11.5 Å². The highest BCUT2D eigenvalue weighted by Crippen LogP contribution is 2.24. The molecule has 4 rings (SSSR count). The standard InChI is InChI=1S/C20H13IN4O2S/c21-14-4-1-3-13(11-14)18(26)25-20(28)23-15-8-6-12(7-9-15)19-24-17-16(27-19)5-2-10-22-17/h1-11H,(H2,23,25,26,28). The fourth-order valence-electron chi connectivity index (χ4n) is 2.56. The van der Waals surface area contributed by atoms with Gasteiger partial charge in [-0.05, 0) is 89.4 Å². The lowest BCUT2D eigenvalue weighted by atomic mass is 10.2. The number of amides is 1. The van der Waals surface area contributed by atoms with Crippen LogP contribution in [-0.2, 0) is 0 Å². The first-order chi connectivity index (χ1) is 13.6. The molecule has 1 amide bonds. The smallest absolute Gasteiger partial charge is 0.257 e. The molecule has 0 aliphatic carbocycles. The predicted octanol–water partition coefficient (Wildman–Crippen LogP) is 4.62. The number of carbonyl (C=O) groups excluding carboxylic acids is 1. The van der Waals surface area contributed by atoms with E-state index in [1.807, 2.05) is 42.5 Å². The molecule has 0 aliphatic heterocycles. The highest BCUT2D eigenvalue weighted by atomic mass is 127. The highest BCUT2D eigenvalue weighted by molar-refractivity contribution is 14.1. The van der Waals surface area contributed by atoms with Gasteiger partial charge in [0.15, 0.2) is 16.3 Å². The average Bonchev–Trinajstić information content (AvgIpc) is 3.12. The number of pyridine rings is 1. The second kappa shape index (κ2) is 8.03. The van der Waals surface area contributed by atoms with Crippen LogP contribution < -0.4 is 10.6 Å². The van der Waals surface area contributed by atoms with Gasteiger partial charge in [-0.15, -0.1) is 0 Å². The Hall–Kier alpha value is -2.85. The van der Waals surface area contributed by atoms with E-state index in [0.717, 1.165) is 14.8 Å². The van der Waals surface area contributed by atoms with Crippen molar-refractivity contribution in [1.82, 2.24) is 15.3 Å². The molecule has 0 spiro atoms. The van der Waals surface area contributed by atoms with Gasteiger partial charge in [-0.25, -0.2) is 4.98 Å². The van der Waals surface area contributed by atoms with E-state index in [1.54, 1.807) is 24.4 Å². The molecule has 0 saturated heterocycles. The van der Waals surface area contributed by atoms with Crippen molar-refractivity contribution in [2.24, 2.45) is 0 Å². The van der Waals surface area contributed by atoms with E-state index in [9.17, 15) is 4.79 Å². The van der Waals surface area contributed by atoms with Crippen molar-refractivity contribution in [2.45, 2.75) is 0 Å². The van der Waals surface area contributed by atoms with E-state index in [4.69, 9.17) is 16.6 Å². The van der Waals surface area contributed by atoms with Crippen molar-refractivity contribution >= 4 is 62.7 Å². The first-order valence-corrected chi connectivity index (χ1v) is 9.77. The van der Waals surface area contributed by atoms with Crippen LogP contribution >= 0.6 is 34.8 Å². The second-order valence-corrected chi connectivity index (χ2v) is 7.49. The Morgan fingerprint density at radius 2 is 1.89 bits per heavy atom. The van der Waals surface area contributed by atoms with E-state index in [2.05, 4.69) is 43.2 Å². The van der Waals surface area contributed by atoms with E-state index < -0.39 is 0 Å². The van der Waals surface area contributed by atoms with E-state index in [1.165, 1.54) is 0 Å². The zero-order valence-electron chi connectivity index (χ0n) is 14.3. The SMILES string of the molecule is O=C(NC(=S)Nc1ccc(-c2nc3ncccc3o2)cc1)c1cccc(I)c1. The molecule has 6 nitrogen and oxygen atoms in total. The van der Waals surface area contributed by atoms with Gasteiger partial charge < -0.3 is 9.73 Å². The minimum atomic E-state index is -0.258. The zero-order chi connectivity index (χ0) is 19.5. The maximum absolute atomic E-state index is 12.3. The Bertz CT molecular complexity index is 1140. The molecule has 2 aromatic carbocycles. The lowest BCUT2D eigenvalue weighted by molar-refractivity contribution is 0.0977. The molecule has 28 heavy (non-hydrogen) atoms. The van der Waals surface area contributed by atoms with Gasteiger partial charge in [0.25, 0.3) is 5.91 Å². The molecule has 2 heterocycles. The molecular formula is C20H13IN4O2S. The second-order valence-electron chi connectivity index (χ2n) is 5.84. The quantitative estimate of drug-likeness (QED) is 0.316. The molecule has 2 N–H and O–H groups in total. The molecule has 2 aromatic heterocycles. The molecule has 0 radical (unpaired) electrons. The molecule has 8 heteroatoms. The Labute approximate surface area is 179 Å². The van der Waals surface area contributed by atoms with E-state index in [-0.39, 0.29) is 11.0 Å². The number of rotatable bonds is 3. The van der Waals surface area contributed by atoms with Crippen molar-refractivity contribution in [2.75, 3.05) is 5.32 Å². The number of oxazole rings is 1. The number of hydrogen-bond acceptors (Lipinski definition) is 5. The van der Waals surface area contributed by atoms with Gasteiger partial charge in [0, 0.05) is 26.6 Å². The predicted molar refractivity (Wildman–Crippen MR) is 120 cm³/mol. The number of aromatic nitrogens is 2. The number of anilines is 1. The van der Waals surface area contributed by atoms with Crippen molar-refractivity contribution in [3.05, 3.63) is 76.0 Å². The van der Waals surface area contributed by atoms with Gasteiger partial charge in [0.05, 0.1) is 0 Å². The Morgan fingerprint density at radius 1 is 1.07 bits per heavy atom. The fraction of sp³-hybridized carbons (Fsp3) is 0. The lowest BCUT2D eigenvalue weighted by Gasteiger charge is -2.10. The summed E-state index contributed by atoms with van der Waals surface area (Å²) < 4.78 is 6.69. The minimum Gasteiger partial charge on any atom is -0.434 e. The molecule has 0 aliphatic rings. The number of nitrogens with zero attached hydrogens (tertiary/aromatic N) is 2. The molecule has 4 aromatic rings. The monoisotopic (exact) mass is 500 g/mol. The van der Waals surface area contributed by atoms with Crippen molar-refractivity contribution in [3.63, 3.8) is 0 Å². The zero-order valence-corrected chi connectivity index (χ0v) is 17.3. The number of thiocarbonyl (C=S) groups is 1. The van der Waals surface area contributed by atoms with Gasteiger partial charge in [-0.1, -0.05) is 6.07 Å². The normalized spacial score (nSPS) is 10.6. The van der Waals surface area contributed by atoms with Crippen LogP contribution in [-0.4, -0.2) is 21.0 Å². The van der Waals surface area contributed by atoms with E-state index >= 15 is 0 Å². The summed E-state index contributed by atoms with van der Waals surface area (Å²) >= 11 is 7.39. The van der Waals surface area contributed by atoms with Gasteiger partial charge >= 0.3 is 0 Å². The van der Waals surface area contributed by atoms with Crippen LogP contribution in [0.1, 0.15) is 10.4 Å². The summed E-state index contributed by atoms with van der Waals surface area (Å²) in [6.45, 7) is 0. The van der Waals surface area contributed by atoms with Crippen molar-refractivity contribution < 1.29 is 9.21 Å². The van der Waals surface area contributed by atoms with Crippen LogP contribution in [0.2, 0.25) is 0 Å². The molecule has 0 atom stereocenters. The summed E-state index contributed by atoms with van der Waals surface area (Å²) in [5.74, 6) is 0.237. The number of halogens is 1. The van der Waals surface area contributed by atoms with Gasteiger partial charge in [0.1, 0.15) is 0 Å². The number of benzene rings is 2. The van der Waals surface area contributed by atoms with Gasteiger partial charge in [-0.2, -0.15) is 4.98 Å². The van der Waals surface area contributed by atoms with Crippen LogP contribution in [0.25, 0.3) is 22.7 Å². The molecule has 0 fully saturated rings. The molecule has 138 valence electrons. The summed E-state index contributed by atoms with van der Waals surface area (Å²) in [7, 11) is 0. The molecule has 0 unspecified atom stereocenters. The van der Waals surface area contributed by atoms with Crippen LogP contribution in [0, 0.1) is 3.57 Å². The van der Waals surface area contributed by atoms with Crippen LogP contribution in [0.4, 0.5) is 5.69 Å². The summed E-state index contributed by atoms with van der Waals surface area (Å²) in [6.07, 6.45) is 1.67. The molecule has 0 saturated carbocycles. The number of fused-ring (bicyclic) bond motifs is 1. The maximum atomic E-state index is 12.3. The van der Waals surface area contributed by atoms with Gasteiger partial charge in [0.2, 0.25) is 5.89 Å². The average molecular weight is 500 g/mol. The summed E-state index contributed by atoms with van der Waals surface area (Å²) in [6, 6.07) is 18.3. The highest BCUT2D eigenvalue weighted by Gasteiger charge is 2.10. The number of nitrogens with one attached hydrogen (secondary N) is 2. The fourth-order valence-corrected chi connectivity index (χ4v) is 3.31. The lowest BCUT2D eigenvalue weighted by Crippen LogP contribution is -2.34. The number of carbonyl (C=O) groups is 1. The third kappa shape index (κ3) is 4.18. The first-order valence-electron chi connectivity index (χ1n) is 8.28. The van der Waals surface area contributed by atoms with Gasteiger partial charge in [-0.3, -0.25) is 10.1 Å². The first kappa shape index (κ1) is 18.5. The Kier molecular flexibility index (Phi) is 5.31. The van der Waals surface area contributed by atoms with E-state index in [0.29, 0.717) is 22.7 Å². The summed E-state index contributed by atoms with van der Waals surface area (Å²) in [5.41, 5.74) is 3.32. The maximum Gasteiger partial charge on any atom is 0.257 e. The third-order valence-corrected chi connectivity index (χ3v) is 4.74.